The van der Waals surface area contributed by atoms with Crippen molar-refractivity contribution in [1.29, 1.82) is 0 Å². The Morgan fingerprint density at radius 1 is 1.36 bits per heavy atom. The molecule has 1 aromatic heterocycles. The van der Waals surface area contributed by atoms with E-state index in [1.807, 2.05) is 24.3 Å². The van der Waals surface area contributed by atoms with Crippen molar-refractivity contribution in [2.24, 2.45) is 0 Å². The number of hydrogen-bond donors (Lipinski definition) is 1. The summed E-state index contributed by atoms with van der Waals surface area (Å²) in [5.74, 6) is 5.84. The lowest BCUT2D eigenvalue weighted by Crippen LogP contribution is -1.73. The van der Waals surface area contributed by atoms with E-state index in [2.05, 4.69) is 27.8 Å². The average Bonchev–Trinajstić information content (AvgIpc) is 2.54. The Hall–Kier alpha value is -1.24. The van der Waals surface area contributed by atoms with Gasteiger partial charge in [-0.2, -0.15) is 0 Å². The first-order valence-corrected chi connectivity index (χ1v) is 4.89. The van der Waals surface area contributed by atoms with Gasteiger partial charge in [-0.1, -0.05) is 18.1 Å². The molecule has 2 aromatic rings. The highest BCUT2D eigenvalue weighted by molar-refractivity contribution is 9.10. The average molecular weight is 251 g/mol. The fourth-order valence-electron chi connectivity index (χ4n) is 1.21. The van der Waals surface area contributed by atoms with Gasteiger partial charge in [0.1, 0.15) is 12.2 Å². The van der Waals surface area contributed by atoms with Crippen molar-refractivity contribution in [3.63, 3.8) is 0 Å². The summed E-state index contributed by atoms with van der Waals surface area (Å²) in [4.78, 5) is 0. The van der Waals surface area contributed by atoms with Crippen LogP contribution in [0.3, 0.4) is 0 Å². The highest BCUT2D eigenvalue weighted by Crippen LogP contribution is 2.29. The fourth-order valence-corrected chi connectivity index (χ4v) is 1.72. The van der Waals surface area contributed by atoms with Gasteiger partial charge in [-0.3, -0.25) is 0 Å². The Balaban J connectivity index is 2.62. The van der Waals surface area contributed by atoms with Crippen LogP contribution in [0.1, 0.15) is 5.76 Å². The SMILES string of the molecule is OCC#Cc1oc2ccccc2c1Br. The second-order valence-electron chi connectivity index (χ2n) is 2.70. The van der Waals surface area contributed by atoms with Crippen molar-refractivity contribution in [3.8, 4) is 11.8 Å². The predicted molar refractivity (Wildman–Crippen MR) is 57.9 cm³/mol. The molecule has 0 fully saturated rings. The van der Waals surface area contributed by atoms with Gasteiger partial charge in [-0.05, 0) is 34.0 Å². The molecule has 2 rings (SSSR count). The number of halogens is 1. The number of aliphatic hydroxyl groups excluding tert-OH is 1. The van der Waals surface area contributed by atoms with Crippen LogP contribution in [0.4, 0.5) is 0 Å². The Kier molecular flexibility index (Phi) is 2.58. The molecular formula is C11H7BrO2. The van der Waals surface area contributed by atoms with Crippen LogP contribution < -0.4 is 0 Å². The van der Waals surface area contributed by atoms with Crippen LogP contribution in [0.2, 0.25) is 0 Å². The summed E-state index contributed by atoms with van der Waals surface area (Å²) in [5, 5.41) is 9.56. The number of rotatable bonds is 0. The number of furan rings is 1. The highest BCUT2D eigenvalue weighted by Gasteiger charge is 2.08. The molecule has 70 valence electrons. The minimum absolute atomic E-state index is 0.163. The van der Waals surface area contributed by atoms with Crippen molar-refractivity contribution in [2.75, 3.05) is 6.61 Å². The molecule has 2 nitrogen and oxygen atoms in total. The lowest BCUT2D eigenvalue weighted by Gasteiger charge is -1.83. The molecule has 0 aliphatic rings. The first kappa shape index (κ1) is 9.32. The smallest absolute Gasteiger partial charge is 0.192 e. The normalized spacial score (nSPS) is 9.86. The molecule has 0 saturated carbocycles. The van der Waals surface area contributed by atoms with Gasteiger partial charge in [0, 0.05) is 5.39 Å². The monoisotopic (exact) mass is 250 g/mol. The maximum atomic E-state index is 8.56. The van der Waals surface area contributed by atoms with Crippen molar-refractivity contribution < 1.29 is 9.52 Å². The molecule has 14 heavy (non-hydrogen) atoms. The van der Waals surface area contributed by atoms with Crippen LogP contribution in [-0.2, 0) is 0 Å². The zero-order chi connectivity index (χ0) is 9.97. The molecule has 0 aliphatic heterocycles. The standard InChI is InChI=1S/C11H7BrO2/c12-11-8-4-1-2-5-9(8)14-10(11)6-3-7-13/h1-2,4-5,13H,7H2. The van der Waals surface area contributed by atoms with Crippen LogP contribution in [-0.4, -0.2) is 11.7 Å². The molecular weight excluding hydrogens is 244 g/mol. The first-order chi connectivity index (χ1) is 6.83. The summed E-state index contributed by atoms with van der Waals surface area (Å²) in [5.41, 5.74) is 0.793. The summed E-state index contributed by atoms with van der Waals surface area (Å²) < 4.78 is 6.31. The quantitative estimate of drug-likeness (QED) is 0.730. The lowest BCUT2D eigenvalue weighted by molar-refractivity contribution is 0.350. The number of benzene rings is 1. The van der Waals surface area contributed by atoms with Crippen molar-refractivity contribution in [2.45, 2.75) is 0 Å². The predicted octanol–water partition coefficient (Wildman–Crippen LogP) is 2.54. The Morgan fingerprint density at radius 3 is 2.86 bits per heavy atom. The van der Waals surface area contributed by atoms with Crippen LogP contribution in [0.15, 0.2) is 33.2 Å². The molecule has 0 bridgehead atoms. The Labute approximate surface area is 89.7 Å². The van der Waals surface area contributed by atoms with Crippen molar-refractivity contribution >= 4 is 26.9 Å². The van der Waals surface area contributed by atoms with E-state index in [1.165, 1.54) is 0 Å². The van der Waals surface area contributed by atoms with Crippen molar-refractivity contribution in [3.05, 3.63) is 34.5 Å². The van der Waals surface area contributed by atoms with Crippen LogP contribution in [0, 0.1) is 11.8 Å². The van der Waals surface area contributed by atoms with Gasteiger partial charge >= 0.3 is 0 Å². The van der Waals surface area contributed by atoms with Gasteiger partial charge in [-0.25, -0.2) is 0 Å². The van der Waals surface area contributed by atoms with Crippen LogP contribution in [0.5, 0.6) is 0 Å². The molecule has 1 heterocycles. The van der Waals surface area contributed by atoms with Crippen molar-refractivity contribution in [1.82, 2.24) is 0 Å². The third-order valence-corrected chi connectivity index (χ3v) is 2.60. The number of fused-ring (bicyclic) bond motifs is 1. The molecule has 0 unspecified atom stereocenters. The molecule has 0 atom stereocenters. The van der Waals surface area contributed by atoms with Gasteiger partial charge < -0.3 is 9.52 Å². The topological polar surface area (TPSA) is 33.4 Å². The summed E-state index contributed by atoms with van der Waals surface area (Å²) in [7, 11) is 0. The molecule has 0 radical (unpaired) electrons. The molecule has 3 heteroatoms. The summed E-state index contributed by atoms with van der Waals surface area (Å²) in [6.45, 7) is -0.163. The molecule has 0 aliphatic carbocycles. The molecule has 0 amide bonds. The van der Waals surface area contributed by atoms with Crippen LogP contribution >= 0.6 is 15.9 Å². The Bertz CT molecular complexity index is 517. The third-order valence-electron chi connectivity index (χ3n) is 1.82. The second-order valence-corrected chi connectivity index (χ2v) is 3.49. The summed E-state index contributed by atoms with van der Waals surface area (Å²) in [6.07, 6.45) is 0. The minimum Gasteiger partial charge on any atom is -0.446 e. The van der Waals surface area contributed by atoms with Gasteiger partial charge in [-0.15, -0.1) is 0 Å². The van der Waals surface area contributed by atoms with Crippen LogP contribution in [0.25, 0.3) is 11.0 Å². The fraction of sp³-hybridized carbons (Fsp3) is 0.0909. The van der Waals surface area contributed by atoms with Gasteiger partial charge in [0.05, 0.1) is 4.47 Å². The Morgan fingerprint density at radius 2 is 2.14 bits per heavy atom. The minimum atomic E-state index is -0.163. The zero-order valence-corrected chi connectivity index (χ0v) is 8.84. The molecule has 1 N–H and O–H groups in total. The number of hydrogen-bond acceptors (Lipinski definition) is 2. The molecule has 0 saturated heterocycles. The molecule has 1 aromatic carbocycles. The summed E-state index contributed by atoms with van der Waals surface area (Å²) >= 11 is 3.40. The maximum absolute atomic E-state index is 8.56. The summed E-state index contributed by atoms with van der Waals surface area (Å²) in [6, 6.07) is 7.67. The lowest BCUT2D eigenvalue weighted by atomic mass is 10.2. The van der Waals surface area contributed by atoms with Gasteiger partial charge in [0.15, 0.2) is 5.76 Å². The van der Waals surface area contributed by atoms with E-state index < -0.39 is 0 Å². The number of aliphatic hydroxyl groups is 1. The van der Waals surface area contributed by atoms with E-state index in [1.54, 1.807) is 0 Å². The highest BCUT2D eigenvalue weighted by atomic mass is 79.9. The van der Waals surface area contributed by atoms with E-state index >= 15 is 0 Å². The van der Waals surface area contributed by atoms with E-state index in [0.717, 1.165) is 15.4 Å². The maximum Gasteiger partial charge on any atom is 0.192 e. The largest absolute Gasteiger partial charge is 0.446 e. The third kappa shape index (κ3) is 1.54. The zero-order valence-electron chi connectivity index (χ0n) is 7.25. The number of para-hydroxylation sites is 1. The van der Waals surface area contributed by atoms with E-state index in [9.17, 15) is 0 Å². The van der Waals surface area contributed by atoms with E-state index in [0.29, 0.717) is 5.76 Å². The second kappa shape index (κ2) is 3.87. The molecule has 0 spiro atoms. The van der Waals surface area contributed by atoms with E-state index in [-0.39, 0.29) is 6.61 Å². The van der Waals surface area contributed by atoms with E-state index in [4.69, 9.17) is 9.52 Å². The van der Waals surface area contributed by atoms with Gasteiger partial charge in [0.2, 0.25) is 0 Å². The first-order valence-electron chi connectivity index (χ1n) is 4.09. The van der Waals surface area contributed by atoms with Gasteiger partial charge in [0.25, 0.3) is 0 Å².